The van der Waals surface area contributed by atoms with Crippen LogP contribution in [-0.2, 0) is 19.2 Å². The molecule has 0 bridgehead atoms. The molecular weight excluding hydrogens is 494 g/mol. The van der Waals surface area contributed by atoms with Crippen LogP contribution in [0.2, 0.25) is 0 Å². The SMILES string of the molecule is Cc1nn(C)cc1CCN(C)C(=O)c1cnc(SCc2c(F)ccc(F)c2F)n1-c1ccc(F)cc1. The highest BCUT2D eigenvalue weighted by Gasteiger charge is 2.23. The molecule has 0 saturated heterocycles. The van der Waals surface area contributed by atoms with Crippen LogP contribution in [0.3, 0.4) is 0 Å². The van der Waals surface area contributed by atoms with Crippen LogP contribution >= 0.6 is 11.8 Å². The molecule has 2 aromatic carbocycles. The van der Waals surface area contributed by atoms with E-state index in [0.29, 0.717) is 18.7 Å². The molecule has 6 nitrogen and oxygen atoms in total. The molecule has 2 heterocycles. The predicted octanol–water partition coefficient (Wildman–Crippen LogP) is 5.08. The first-order valence-electron chi connectivity index (χ1n) is 11.0. The maximum Gasteiger partial charge on any atom is 0.272 e. The fourth-order valence-electron chi connectivity index (χ4n) is 3.74. The molecule has 0 spiro atoms. The van der Waals surface area contributed by atoms with Gasteiger partial charge in [0.25, 0.3) is 5.91 Å². The fourth-order valence-corrected chi connectivity index (χ4v) is 4.74. The highest BCUT2D eigenvalue weighted by atomic mass is 32.2. The van der Waals surface area contributed by atoms with Crippen LogP contribution in [0.25, 0.3) is 5.69 Å². The summed E-state index contributed by atoms with van der Waals surface area (Å²) in [5.41, 5.74) is 2.08. The summed E-state index contributed by atoms with van der Waals surface area (Å²) in [7, 11) is 3.48. The number of hydrogen-bond donors (Lipinski definition) is 0. The van der Waals surface area contributed by atoms with E-state index in [1.807, 2.05) is 20.2 Å². The fraction of sp³-hybridized carbons (Fsp3) is 0.240. The third-order valence-corrected chi connectivity index (χ3v) is 6.68. The van der Waals surface area contributed by atoms with Gasteiger partial charge in [0, 0.05) is 43.8 Å². The monoisotopic (exact) mass is 517 g/mol. The van der Waals surface area contributed by atoms with Crippen molar-refractivity contribution in [2.75, 3.05) is 13.6 Å². The van der Waals surface area contributed by atoms with Gasteiger partial charge in [-0.3, -0.25) is 14.0 Å². The van der Waals surface area contributed by atoms with E-state index in [1.54, 1.807) is 11.7 Å². The number of amides is 1. The van der Waals surface area contributed by atoms with Crippen LogP contribution < -0.4 is 0 Å². The Morgan fingerprint density at radius 2 is 1.75 bits per heavy atom. The quantitative estimate of drug-likeness (QED) is 0.186. The number of rotatable bonds is 8. The number of benzene rings is 2. The Morgan fingerprint density at radius 1 is 1.06 bits per heavy atom. The second-order valence-electron chi connectivity index (χ2n) is 8.24. The number of aromatic nitrogens is 4. The van der Waals surface area contributed by atoms with E-state index in [-0.39, 0.29) is 22.5 Å². The minimum absolute atomic E-state index is 0.190. The predicted molar refractivity (Wildman–Crippen MR) is 128 cm³/mol. The highest BCUT2D eigenvalue weighted by molar-refractivity contribution is 7.98. The molecule has 0 unspecified atom stereocenters. The van der Waals surface area contributed by atoms with Crippen molar-refractivity contribution >= 4 is 17.7 Å². The summed E-state index contributed by atoms with van der Waals surface area (Å²) >= 11 is 0.931. The third-order valence-electron chi connectivity index (χ3n) is 5.70. The smallest absolute Gasteiger partial charge is 0.272 e. The van der Waals surface area contributed by atoms with Gasteiger partial charge in [0.15, 0.2) is 16.8 Å². The lowest BCUT2D eigenvalue weighted by Gasteiger charge is -2.19. The number of carbonyl (C=O) groups excluding carboxylic acids is 1. The molecule has 0 aliphatic rings. The second-order valence-corrected chi connectivity index (χ2v) is 9.18. The molecule has 4 aromatic rings. The number of thioether (sulfide) groups is 1. The first kappa shape index (κ1) is 25.5. The number of aryl methyl sites for hydroxylation is 2. The zero-order chi connectivity index (χ0) is 26.0. The number of carbonyl (C=O) groups is 1. The van der Waals surface area contributed by atoms with E-state index in [2.05, 4.69) is 10.1 Å². The Kier molecular flexibility index (Phi) is 7.48. The molecule has 0 atom stereocenters. The van der Waals surface area contributed by atoms with Gasteiger partial charge in [0.05, 0.1) is 11.9 Å². The molecule has 2 aromatic heterocycles. The normalized spacial score (nSPS) is 11.2. The average molecular weight is 518 g/mol. The van der Waals surface area contributed by atoms with Crippen molar-refractivity contribution in [3.05, 3.63) is 94.6 Å². The van der Waals surface area contributed by atoms with E-state index >= 15 is 0 Å². The van der Waals surface area contributed by atoms with E-state index in [0.717, 1.165) is 35.2 Å². The zero-order valence-corrected chi connectivity index (χ0v) is 20.6. The lowest BCUT2D eigenvalue weighted by molar-refractivity contribution is 0.0788. The van der Waals surface area contributed by atoms with E-state index < -0.39 is 28.8 Å². The van der Waals surface area contributed by atoms with Crippen LogP contribution in [-0.4, -0.2) is 43.7 Å². The van der Waals surface area contributed by atoms with E-state index in [1.165, 1.54) is 39.9 Å². The molecule has 0 aliphatic carbocycles. The van der Waals surface area contributed by atoms with Crippen molar-refractivity contribution in [2.24, 2.45) is 7.05 Å². The summed E-state index contributed by atoms with van der Waals surface area (Å²) in [5, 5.41) is 4.55. The highest BCUT2D eigenvalue weighted by Crippen LogP contribution is 2.29. The van der Waals surface area contributed by atoms with Crippen molar-refractivity contribution in [2.45, 2.75) is 24.3 Å². The van der Waals surface area contributed by atoms with Crippen molar-refractivity contribution in [3.63, 3.8) is 0 Å². The topological polar surface area (TPSA) is 56.0 Å². The molecule has 36 heavy (non-hydrogen) atoms. The summed E-state index contributed by atoms with van der Waals surface area (Å²) < 4.78 is 58.7. The van der Waals surface area contributed by atoms with Gasteiger partial charge in [0.2, 0.25) is 0 Å². The molecule has 11 heteroatoms. The van der Waals surface area contributed by atoms with Crippen LogP contribution in [0.4, 0.5) is 17.6 Å². The van der Waals surface area contributed by atoms with Gasteiger partial charge >= 0.3 is 0 Å². The summed E-state index contributed by atoms with van der Waals surface area (Å²) in [6.07, 6.45) is 3.85. The van der Waals surface area contributed by atoms with Crippen LogP contribution in [0.1, 0.15) is 27.3 Å². The summed E-state index contributed by atoms with van der Waals surface area (Å²) in [6.45, 7) is 2.30. The average Bonchev–Trinajstić information content (AvgIpc) is 3.42. The Morgan fingerprint density at radius 3 is 2.42 bits per heavy atom. The number of likely N-dealkylation sites (N-methyl/N-ethyl adjacent to an activating group) is 1. The molecule has 0 saturated carbocycles. The molecule has 0 aliphatic heterocycles. The lowest BCUT2D eigenvalue weighted by atomic mass is 10.2. The Bertz CT molecular complexity index is 1400. The van der Waals surface area contributed by atoms with Gasteiger partial charge in [-0.1, -0.05) is 11.8 Å². The van der Waals surface area contributed by atoms with Gasteiger partial charge in [-0.2, -0.15) is 5.10 Å². The number of nitrogens with zero attached hydrogens (tertiary/aromatic N) is 5. The first-order valence-corrected chi connectivity index (χ1v) is 12.0. The Balaban J connectivity index is 1.62. The van der Waals surface area contributed by atoms with Gasteiger partial charge in [0.1, 0.15) is 17.3 Å². The molecule has 0 N–H and O–H groups in total. The largest absolute Gasteiger partial charge is 0.340 e. The van der Waals surface area contributed by atoms with Crippen LogP contribution in [0, 0.1) is 30.2 Å². The van der Waals surface area contributed by atoms with Crippen molar-refractivity contribution in [1.82, 2.24) is 24.2 Å². The third kappa shape index (κ3) is 5.30. The van der Waals surface area contributed by atoms with E-state index in [4.69, 9.17) is 0 Å². The van der Waals surface area contributed by atoms with Crippen molar-refractivity contribution in [3.8, 4) is 5.69 Å². The number of halogens is 4. The standard InChI is InChI=1S/C25H23F4N5OS/c1-15-16(13-33(3)31-15)10-11-32(2)24(35)22-12-30-25(34(22)18-6-4-17(26)5-7-18)36-14-19-20(27)8-9-21(28)23(19)29/h4-9,12-13H,10-11,14H2,1-3H3. The Hall–Kier alpha value is -3.60. The second kappa shape index (κ2) is 10.6. The summed E-state index contributed by atoms with van der Waals surface area (Å²) in [6, 6.07) is 6.99. The van der Waals surface area contributed by atoms with Gasteiger partial charge < -0.3 is 4.90 Å². The van der Waals surface area contributed by atoms with Crippen molar-refractivity contribution in [1.29, 1.82) is 0 Å². The molecule has 4 rings (SSSR count). The number of imidazole rings is 1. The van der Waals surface area contributed by atoms with E-state index in [9.17, 15) is 22.4 Å². The molecule has 0 radical (unpaired) electrons. The zero-order valence-electron chi connectivity index (χ0n) is 19.8. The van der Waals surface area contributed by atoms with Crippen LogP contribution in [0.15, 0.2) is 53.9 Å². The minimum atomic E-state index is -1.27. The van der Waals surface area contributed by atoms with Crippen LogP contribution in [0.5, 0.6) is 0 Å². The van der Waals surface area contributed by atoms with Gasteiger partial charge in [-0.15, -0.1) is 0 Å². The lowest BCUT2D eigenvalue weighted by Crippen LogP contribution is -2.30. The summed E-state index contributed by atoms with van der Waals surface area (Å²) in [4.78, 5) is 19.2. The molecular formula is C25H23F4N5OS. The number of hydrogen-bond acceptors (Lipinski definition) is 4. The Labute approximate surface area is 209 Å². The minimum Gasteiger partial charge on any atom is -0.340 e. The molecule has 188 valence electrons. The summed E-state index contributed by atoms with van der Waals surface area (Å²) in [5.74, 6) is -4.39. The first-order chi connectivity index (χ1) is 17.2. The van der Waals surface area contributed by atoms with Gasteiger partial charge in [-0.05, 0) is 55.3 Å². The van der Waals surface area contributed by atoms with Gasteiger partial charge in [-0.25, -0.2) is 22.5 Å². The molecule has 0 fully saturated rings. The molecule has 1 amide bonds. The van der Waals surface area contributed by atoms with Crippen molar-refractivity contribution < 1.29 is 22.4 Å². The maximum atomic E-state index is 14.2. The maximum absolute atomic E-state index is 14.2.